The predicted octanol–water partition coefficient (Wildman–Crippen LogP) is 0.967. The van der Waals surface area contributed by atoms with Crippen LogP contribution in [0.2, 0.25) is 0 Å². The Morgan fingerprint density at radius 2 is 2.50 bits per heavy atom. The molecule has 0 bridgehead atoms. The average Bonchev–Trinajstić information content (AvgIpc) is 2.72. The third-order valence-electron chi connectivity index (χ3n) is 2.54. The lowest BCUT2D eigenvalue weighted by molar-refractivity contribution is -0.0223. The number of hydrogen-bond acceptors (Lipinski definition) is 3. The van der Waals surface area contributed by atoms with Crippen molar-refractivity contribution in [1.82, 2.24) is 4.98 Å². The van der Waals surface area contributed by atoms with Crippen LogP contribution in [0.1, 0.15) is 12.8 Å². The Morgan fingerprint density at radius 1 is 1.57 bits per heavy atom. The minimum atomic E-state index is 0.0410. The van der Waals surface area contributed by atoms with Crippen LogP contribution in [0.3, 0.4) is 0 Å². The minimum absolute atomic E-state index is 0.0410. The number of rotatable bonds is 3. The molecule has 0 spiro atoms. The molecule has 4 heteroatoms. The van der Waals surface area contributed by atoms with Gasteiger partial charge < -0.3 is 20.1 Å². The molecular weight excluding hydrogens is 180 g/mol. The summed E-state index contributed by atoms with van der Waals surface area (Å²) in [5.74, 6) is 0. The van der Waals surface area contributed by atoms with E-state index in [9.17, 15) is 0 Å². The molecule has 2 rings (SSSR count). The maximum absolute atomic E-state index is 8.88. The van der Waals surface area contributed by atoms with Crippen LogP contribution >= 0.6 is 0 Å². The van der Waals surface area contributed by atoms with Crippen molar-refractivity contribution in [2.45, 2.75) is 25.0 Å². The van der Waals surface area contributed by atoms with Crippen LogP contribution in [0, 0.1) is 0 Å². The fourth-order valence-electron chi connectivity index (χ4n) is 1.71. The topological polar surface area (TPSA) is 57.3 Å². The van der Waals surface area contributed by atoms with E-state index in [1.54, 1.807) is 0 Å². The standard InChI is InChI=1S/C10H16N2O2/c13-6-10-2-1-9(7-14-10)12-8-3-4-11-5-8/h3-5,9-13H,1-2,6-7H2/t9-,10+/m1/s1. The molecule has 2 heterocycles. The zero-order valence-corrected chi connectivity index (χ0v) is 8.07. The molecule has 3 N–H and O–H groups in total. The van der Waals surface area contributed by atoms with Gasteiger partial charge in [-0.1, -0.05) is 0 Å². The summed E-state index contributed by atoms with van der Waals surface area (Å²) in [5, 5.41) is 12.3. The second-order valence-corrected chi connectivity index (χ2v) is 3.66. The maximum Gasteiger partial charge on any atom is 0.0807 e. The number of aliphatic hydroxyl groups excluding tert-OH is 1. The summed E-state index contributed by atoms with van der Waals surface area (Å²) in [5.41, 5.74) is 1.10. The third-order valence-corrected chi connectivity index (χ3v) is 2.54. The van der Waals surface area contributed by atoms with Gasteiger partial charge in [0.15, 0.2) is 0 Å². The Labute approximate surface area is 83.3 Å². The van der Waals surface area contributed by atoms with Crippen molar-refractivity contribution >= 4 is 5.69 Å². The van der Waals surface area contributed by atoms with Crippen molar-refractivity contribution < 1.29 is 9.84 Å². The van der Waals surface area contributed by atoms with Gasteiger partial charge in [-0.15, -0.1) is 0 Å². The lowest BCUT2D eigenvalue weighted by atomic mass is 10.1. The quantitative estimate of drug-likeness (QED) is 0.675. The Morgan fingerprint density at radius 3 is 3.07 bits per heavy atom. The zero-order chi connectivity index (χ0) is 9.80. The minimum Gasteiger partial charge on any atom is -0.394 e. The molecule has 1 aromatic heterocycles. The molecule has 78 valence electrons. The average molecular weight is 196 g/mol. The maximum atomic E-state index is 8.88. The molecule has 2 atom stereocenters. The molecule has 1 aliphatic rings. The Bertz CT molecular complexity index is 253. The normalized spacial score (nSPS) is 27.5. The number of nitrogens with one attached hydrogen (secondary N) is 2. The summed E-state index contributed by atoms with van der Waals surface area (Å²) in [6, 6.07) is 2.37. The summed E-state index contributed by atoms with van der Waals surface area (Å²) in [7, 11) is 0. The summed E-state index contributed by atoms with van der Waals surface area (Å²) in [6.45, 7) is 0.813. The van der Waals surface area contributed by atoms with Crippen LogP contribution < -0.4 is 5.32 Å². The number of hydrogen-bond donors (Lipinski definition) is 3. The number of H-pyrrole nitrogens is 1. The summed E-state index contributed by atoms with van der Waals surface area (Å²) >= 11 is 0. The largest absolute Gasteiger partial charge is 0.394 e. The molecule has 0 amide bonds. The fourth-order valence-corrected chi connectivity index (χ4v) is 1.71. The molecule has 0 radical (unpaired) electrons. The van der Waals surface area contributed by atoms with E-state index in [0.29, 0.717) is 12.6 Å². The van der Waals surface area contributed by atoms with E-state index < -0.39 is 0 Å². The Balaban J connectivity index is 1.79. The molecular formula is C10H16N2O2. The van der Waals surface area contributed by atoms with Gasteiger partial charge in [0, 0.05) is 18.4 Å². The van der Waals surface area contributed by atoms with Gasteiger partial charge in [-0.25, -0.2) is 0 Å². The predicted molar refractivity (Wildman–Crippen MR) is 54.3 cm³/mol. The highest BCUT2D eigenvalue weighted by atomic mass is 16.5. The van der Waals surface area contributed by atoms with Crippen LogP contribution in [-0.4, -0.2) is 35.5 Å². The summed E-state index contributed by atoms with van der Waals surface area (Å²) < 4.78 is 5.47. The van der Waals surface area contributed by atoms with E-state index >= 15 is 0 Å². The molecule has 1 fully saturated rings. The lowest BCUT2D eigenvalue weighted by Crippen LogP contribution is -2.36. The van der Waals surface area contributed by atoms with Crippen molar-refractivity contribution in [2.75, 3.05) is 18.5 Å². The van der Waals surface area contributed by atoms with Gasteiger partial charge in [0.05, 0.1) is 25.0 Å². The smallest absolute Gasteiger partial charge is 0.0807 e. The molecule has 0 saturated carbocycles. The first kappa shape index (κ1) is 9.55. The Kier molecular flexibility index (Phi) is 3.06. The van der Waals surface area contributed by atoms with E-state index in [1.807, 2.05) is 18.5 Å². The summed E-state index contributed by atoms with van der Waals surface area (Å²) in [4.78, 5) is 3.00. The highest BCUT2D eigenvalue weighted by Gasteiger charge is 2.20. The van der Waals surface area contributed by atoms with E-state index in [0.717, 1.165) is 18.5 Å². The number of ether oxygens (including phenoxy) is 1. The van der Waals surface area contributed by atoms with Gasteiger partial charge in [0.2, 0.25) is 0 Å². The van der Waals surface area contributed by atoms with Gasteiger partial charge in [0.25, 0.3) is 0 Å². The molecule has 0 unspecified atom stereocenters. The van der Waals surface area contributed by atoms with E-state index in [-0.39, 0.29) is 12.7 Å². The Hall–Kier alpha value is -1.00. The first-order chi connectivity index (χ1) is 6.88. The number of aromatic amines is 1. The van der Waals surface area contributed by atoms with Crippen molar-refractivity contribution in [1.29, 1.82) is 0 Å². The van der Waals surface area contributed by atoms with Crippen LogP contribution in [0.5, 0.6) is 0 Å². The molecule has 14 heavy (non-hydrogen) atoms. The molecule has 1 aliphatic heterocycles. The van der Waals surface area contributed by atoms with Gasteiger partial charge in [0.1, 0.15) is 0 Å². The molecule has 0 aromatic carbocycles. The molecule has 1 saturated heterocycles. The van der Waals surface area contributed by atoms with Crippen LogP contribution in [0.4, 0.5) is 5.69 Å². The lowest BCUT2D eigenvalue weighted by Gasteiger charge is -2.28. The van der Waals surface area contributed by atoms with E-state index in [1.165, 1.54) is 0 Å². The zero-order valence-electron chi connectivity index (χ0n) is 8.07. The van der Waals surface area contributed by atoms with Gasteiger partial charge in [-0.05, 0) is 18.9 Å². The van der Waals surface area contributed by atoms with Crippen LogP contribution in [0.25, 0.3) is 0 Å². The molecule has 1 aromatic rings. The van der Waals surface area contributed by atoms with Crippen molar-refractivity contribution in [2.24, 2.45) is 0 Å². The summed E-state index contributed by atoms with van der Waals surface area (Å²) in [6.07, 6.45) is 5.84. The van der Waals surface area contributed by atoms with Gasteiger partial charge in [-0.3, -0.25) is 0 Å². The van der Waals surface area contributed by atoms with Crippen molar-refractivity contribution in [3.63, 3.8) is 0 Å². The van der Waals surface area contributed by atoms with E-state index in [2.05, 4.69) is 10.3 Å². The first-order valence-corrected chi connectivity index (χ1v) is 5.00. The highest BCUT2D eigenvalue weighted by Crippen LogP contribution is 2.17. The molecule has 0 aliphatic carbocycles. The van der Waals surface area contributed by atoms with Crippen molar-refractivity contribution in [3.05, 3.63) is 18.5 Å². The number of aliphatic hydroxyl groups is 1. The van der Waals surface area contributed by atoms with Gasteiger partial charge >= 0.3 is 0 Å². The highest BCUT2D eigenvalue weighted by molar-refractivity contribution is 5.41. The monoisotopic (exact) mass is 196 g/mol. The number of anilines is 1. The third kappa shape index (κ3) is 2.27. The molecule has 4 nitrogen and oxygen atoms in total. The van der Waals surface area contributed by atoms with E-state index in [4.69, 9.17) is 9.84 Å². The van der Waals surface area contributed by atoms with Crippen molar-refractivity contribution in [3.8, 4) is 0 Å². The number of aromatic nitrogens is 1. The fraction of sp³-hybridized carbons (Fsp3) is 0.600. The second kappa shape index (κ2) is 4.48. The van der Waals surface area contributed by atoms with Gasteiger partial charge in [-0.2, -0.15) is 0 Å². The van der Waals surface area contributed by atoms with Crippen LogP contribution in [-0.2, 0) is 4.74 Å². The first-order valence-electron chi connectivity index (χ1n) is 5.00. The second-order valence-electron chi connectivity index (χ2n) is 3.66. The van der Waals surface area contributed by atoms with Crippen LogP contribution in [0.15, 0.2) is 18.5 Å². The SMILES string of the molecule is OC[C@@H]1CC[C@@H](Nc2cc[nH]c2)CO1.